The largest absolute Gasteiger partial charge is 0.411 e. The lowest BCUT2D eigenvalue weighted by atomic mass is 10.0. The van der Waals surface area contributed by atoms with E-state index in [2.05, 4.69) is 10.2 Å². The van der Waals surface area contributed by atoms with Gasteiger partial charge in [0.1, 0.15) is 6.04 Å². The molecule has 0 aliphatic carbocycles. The Bertz CT molecular complexity index is 760. The smallest absolute Gasteiger partial charge is 0.277 e. The second-order valence-electron chi connectivity index (χ2n) is 6.03. The van der Waals surface area contributed by atoms with Gasteiger partial charge in [0.05, 0.1) is 5.75 Å². The van der Waals surface area contributed by atoms with Crippen molar-refractivity contribution in [2.75, 3.05) is 12.3 Å². The molecule has 0 unspecified atom stereocenters. The Morgan fingerprint density at radius 1 is 1.28 bits per heavy atom. The van der Waals surface area contributed by atoms with Crippen molar-refractivity contribution in [3.8, 4) is 11.5 Å². The average molecular weight is 360 g/mol. The maximum atomic E-state index is 12.4. The number of carbonyl (C=O) groups excluding carboxylic acids is 2. The van der Waals surface area contributed by atoms with Crippen LogP contribution in [-0.4, -0.2) is 45.3 Å². The summed E-state index contributed by atoms with van der Waals surface area (Å²) >= 11 is 1.17. The third-order valence-corrected chi connectivity index (χ3v) is 4.98. The number of thioether (sulfide) groups is 1. The first-order valence-electron chi connectivity index (χ1n) is 8.17. The van der Waals surface area contributed by atoms with Crippen LogP contribution in [0.2, 0.25) is 0 Å². The molecule has 1 atom stereocenters. The lowest BCUT2D eigenvalue weighted by Crippen LogP contribution is -2.51. The number of benzene rings is 1. The molecule has 7 nitrogen and oxygen atoms in total. The predicted molar refractivity (Wildman–Crippen MR) is 93.7 cm³/mol. The Morgan fingerprint density at radius 3 is 2.76 bits per heavy atom. The molecule has 2 amide bonds. The molecule has 2 aromatic rings. The summed E-state index contributed by atoms with van der Waals surface area (Å²) in [5.74, 6) is -0.0247. The summed E-state index contributed by atoms with van der Waals surface area (Å²) in [5, 5.41) is 8.31. The molecule has 1 fully saturated rings. The van der Waals surface area contributed by atoms with Gasteiger partial charge in [0, 0.05) is 12.1 Å². The zero-order valence-electron chi connectivity index (χ0n) is 14.0. The van der Waals surface area contributed by atoms with E-state index in [-0.39, 0.29) is 11.7 Å². The normalized spacial score (nSPS) is 17.5. The van der Waals surface area contributed by atoms with Gasteiger partial charge in [-0.3, -0.25) is 9.59 Å². The Hall–Kier alpha value is -2.35. The van der Waals surface area contributed by atoms with Crippen molar-refractivity contribution in [2.45, 2.75) is 37.5 Å². The highest BCUT2D eigenvalue weighted by Crippen LogP contribution is 2.25. The number of primary amides is 1. The van der Waals surface area contributed by atoms with Crippen molar-refractivity contribution in [2.24, 2.45) is 5.73 Å². The summed E-state index contributed by atoms with van der Waals surface area (Å²) in [6.07, 6.45) is 2.43. The third kappa shape index (κ3) is 4.19. The summed E-state index contributed by atoms with van der Waals surface area (Å²) in [6, 6.07) is 7.25. The molecule has 132 valence electrons. The molecule has 0 bridgehead atoms. The minimum Gasteiger partial charge on any atom is -0.411 e. The first kappa shape index (κ1) is 17.5. The molecule has 0 saturated carbocycles. The van der Waals surface area contributed by atoms with Crippen molar-refractivity contribution < 1.29 is 14.0 Å². The number of hydrogen-bond acceptors (Lipinski definition) is 6. The van der Waals surface area contributed by atoms with Crippen molar-refractivity contribution in [3.63, 3.8) is 0 Å². The minimum absolute atomic E-state index is 0.136. The fourth-order valence-electron chi connectivity index (χ4n) is 2.81. The third-order valence-electron chi connectivity index (χ3n) is 4.18. The number of piperidine rings is 1. The van der Waals surface area contributed by atoms with Crippen LogP contribution in [0.4, 0.5) is 0 Å². The summed E-state index contributed by atoms with van der Waals surface area (Å²) in [6.45, 7) is 2.57. The van der Waals surface area contributed by atoms with E-state index in [1.807, 2.05) is 31.2 Å². The Kier molecular flexibility index (Phi) is 5.37. The Balaban J connectivity index is 1.61. The number of hydrogen-bond donors (Lipinski definition) is 1. The number of likely N-dealkylation sites (tertiary alicyclic amines) is 1. The van der Waals surface area contributed by atoms with Gasteiger partial charge >= 0.3 is 0 Å². The van der Waals surface area contributed by atoms with E-state index in [0.29, 0.717) is 24.1 Å². The summed E-state index contributed by atoms with van der Waals surface area (Å²) < 4.78 is 5.60. The number of rotatable bonds is 5. The average Bonchev–Trinajstić information content (AvgIpc) is 3.09. The SMILES string of the molecule is Cc1ccc(-c2nnc(SCC(=O)N3CCCC[C@H]3C(N)=O)o2)cc1. The highest BCUT2D eigenvalue weighted by molar-refractivity contribution is 7.99. The van der Waals surface area contributed by atoms with Gasteiger partial charge in [0.25, 0.3) is 5.22 Å². The van der Waals surface area contributed by atoms with Crippen LogP contribution in [0, 0.1) is 6.92 Å². The first-order chi connectivity index (χ1) is 12.0. The van der Waals surface area contributed by atoms with Crippen molar-refractivity contribution in [3.05, 3.63) is 29.8 Å². The highest BCUT2D eigenvalue weighted by atomic mass is 32.2. The van der Waals surface area contributed by atoms with Gasteiger partial charge in [0.2, 0.25) is 17.7 Å². The molecule has 1 aromatic heterocycles. The minimum atomic E-state index is -0.507. The number of carbonyl (C=O) groups is 2. The van der Waals surface area contributed by atoms with Crippen LogP contribution < -0.4 is 5.73 Å². The Morgan fingerprint density at radius 2 is 2.04 bits per heavy atom. The number of nitrogens with two attached hydrogens (primary N) is 1. The van der Waals surface area contributed by atoms with E-state index in [0.717, 1.165) is 24.0 Å². The van der Waals surface area contributed by atoms with E-state index >= 15 is 0 Å². The molecule has 8 heteroatoms. The summed E-state index contributed by atoms with van der Waals surface area (Å²) in [4.78, 5) is 25.5. The van der Waals surface area contributed by atoms with Crippen LogP contribution in [0.5, 0.6) is 0 Å². The molecule has 1 aliphatic heterocycles. The van der Waals surface area contributed by atoms with Crippen molar-refractivity contribution in [1.82, 2.24) is 15.1 Å². The summed E-state index contributed by atoms with van der Waals surface area (Å²) in [7, 11) is 0. The lowest BCUT2D eigenvalue weighted by molar-refractivity contribution is -0.138. The fourth-order valence-corrected chi connectivity index (χ4v) is 3.46. The number of aryl methyl sites for hydroxylation is 1. The molecule has 25 heavy (non-hydrogen) atoms. The van der Waals surface area contributed by atoms with E-state index in [1.165, 1.54) is 11.8 Å². The van der Waals surface area contributed by atoms with Gasteiger partial charge in [-0.1, -0.05) is 29.5 Å². The van der Waals surface area contributed by atoms with E-state index < -0.39 is 11.9 Å². The van der Waals surface area contributed by atoms with Crippen LogP contribution in [0.3, 0.4) is 0 Å². The summed E-state index contributed by atoms with van der Waals surface area (Å²) in [5.41, 5.74) is 7.38. The number of aromatic nitrogens is 2. The maximum absolute atomic E-state index is 12.4. The van der Waals surface area contributed by atoms with Gasteiger partial charge in [0.15, 0.2) is 0 Å². The van der Waals surface area contributed by atoms with Gasteiger partial charge in [-0.25, -0.2) is 0 Å². The first-order valence-corrected chi connectivity index (χ1v) is 9.15. The van der Waals surface area contributed by atoms with Crippen LogP contribution in [0.15, 0.2) is 33.9 Å². The second-order valence-corrected chi connectivity index (χ2v) is 6.96. The lowest BCUT2D eigenvalue weighted by Gasteiger charge is -2.33. The monoisotopic (exact) mass is 360 g/mol. The molecule has 0 radical (unpaired) electrons. The predicted octanol–water partition coefficient (Wildman–Crippen LogP) is 2.00. The molecule has 2 heterocycles. The van der Waals surface area contributed by atoms with E-state index in [4.69, 9.17) is 10.2 Å². The number of nitrogens with zero attached hydrogens (tertiary/aromatic N) is 3. The topological polar surface area (TPSA) is 102 Å². The fraction of sp³-hybridized carbons (Fsp3) is 0.412. The molecule has 1 saturated heterocycles. The van der Waals surface area contributed by atoms with Gasteiger partial charge in [-0.15, -0.1) is 10.2 Å². The zero-order valence-corrected chi connectivity index (χ0v) is 14.8. The zero-order chi connectivity index (χ0) is 17.8. The van der Waals surface area contributed by atoms with E-state index in [1.54, 1.807) is 4.90 Å². The quantitative estimate of drug-likeness (QED) is 0.818. The molecule has 3 rings (SSSR count). The maximum Gasteiger partial charge on any atom is 0.277 e. The highest BCUT2D eigenvalue weighted by Gasteiger charge is 2.30. The molecule has 1 aromatic carbocycles. The molecule has 1 aliphatic rings. The molecular weight excluding hydrogens is 340 g/mol. The second kappa shape index (κ2) is 7.69. The van der Waals surface area contributed by atoms with Gasteiger partial charge in [-0.05, 0) is 38.3 Å². The van der Waals surface area contributed by atoms with Gasteiger partial charge < -0.3 is 15.1 Å². The van der Waals surface area contributed by atoms with Crippen LogP contribution in [-0.2, 0) is 9.59 Å². The molecule has 2 N–H and O–H groups in total. The van der Waals surface area contributed by atoms with Crippen LogP contribution in [0.1, 0.15) is 24.8 Å². The van der Waals surface area contributed by atoms with E-state index in [9.17, 15) is 9.59 Å². The Labute approximate surface area is 150 Å². The molecule has 0 spiro atoms. The van der Waals surface area contributed by atoms with Crippen molar-refractivity contribution >= 4 is 23.6 Å². The number of amides is 2. The molecular formula is C17H20N4O3S. The van der Waals surface area contributed by atoms with Crippen LogP contribution in [0.25, 0.3) is 11.5 Å². The standard InChI is InChI=1S/C17H20N4O3S/c1-11-5-7-12(8-6-11)16-19-20-17(24-16)25-10-14(22)21-9-3-2-4-13(21)15(18)23/h5-8,13H,2-4,9-10H2,1H3,(H2,18,23)/t13-/m0/s1. The van der Waals surface area contributed by atoms with Crippen LogP contribution >= 0.6 is 11.8 Å². The van der Waals surface area contributed by atoms with Crippen molar-refractivity contribution in [1.29, 1.82) is 0 Å². The van der Waals surface area contributed by atoms with Gasteiger partial charge in [-0.2, -0.15) is 0 Å².